The van der Waals surface area contributed by atoms with E-state index in [0.717, 1.165) is 11.3 Å². The first-order valence-electron chi connectivity index (χ1n) is 8.39. The van der Waals surface area contributed by atoms with Crippen molar-refractivity contribution in [1.82, 2.24) is 0 Å². The van der Waals surface area contributed by atoms with Crippen molar-refractivity contribution in [2.45, 2.75) is 20.5 Å². The molecule has 1 fully saturated rings. The van der Waals surface area contributed by atoms with Gasteiger partial charge in [0.1, 0.15) is 22.6 Å². The van der Waals surface area contributed by atoms with Crippen molar-refractivity contribution in [1.29, 1.82) is 0 Å². The Morgan fingerprint density at radius 2 is 1.77 bits per heavy atom. The average molecular weight is 391 g/mol. The van der Waals surface area contributed by atoms with Gasteiger partial charge >= 0.3 is 5.97 Å². The number of carbonyl (C=O) groups excluding carboxylic acids is 1. The molecular formula is C21H20Cl2O3. The molecule has 0 heterocycles. The largest absolute Gasteiger partial charge is 0.461 e. The molecule has 0 N–H and O–H groups in total. The van der Waals surface area contributed by atoms with E-state index in [4.69, 9.17) is 32.7 Å². The highest BCUT2D eigenvalue weighted by atomic mass is 35.5. The van der Waals surface area contributed by atoms with Crippen LogP contribution in [0.5, 0.6) is 11.5 Å². The van der Waals surface area contributed by atoms with Gasteiger partial charge in [0, 0.05) is 0 Å². The first-order valence-corrected chi connectivity index (χ1v) is 9.15. The number of hydrogen-bond donors (Lipinski definition) is 0. The lowest BCUT2D eigenvalue weighted by Gasteiger charge is -2.09. The van der Waals surface area contributed by atoms with Gasteiger partial charge in [-0.3, -0.25) is 4.79 Å². The van der Waals surface area contributed by atoms with Crippen LogP contribution in [0.3, 0.4) is 0 Å². The standard InChI is InChI=1S/C21H20Cl2O3/c1-21(2)17(12-18(22)23)19(21)20(24)25-13-14-7-6-10-16(11-14)26-15-8-4-3-5-9-15/h3-12,17,19H,13H2,1-2H3/t17-,19?/m1/s1. The number of ether oxygens (including phenoxy) is 2. The van der Waals surface area contributed by atoms with Gasteiger partial charge in [-0.2, -0.15) is 0 Å². The zero-order valence-electron chi connectivity index (χ0n) is 14.6. The second-order valence-electron chi connectivity index (χ2n) is 6.95. The second kappa shape index (κ2) is 7.73. The number of esters is 1. The van der Waals surface area contributed by atoms with Crippen molar-refractivity contribution in [3.05, 3.63) is 70.7 Å². The lowest BCUT2D eigenvalue weighted by molar-refractivity contribution is -0.147. The Hall–Kier alpha value is -1.97. The molecule has 2 atom stereocenters. The Labute approximate surface area is 163 Å². The summed E-state index contributed by atoms with van der Waals surface area (Å²) in [7, 11) is 0. The first kappa shape index (κ1) is 18.8. The Morgan fingerprint density at radius 1 is 1.08 bits per heavy atom. The number of para-hydroxylation sites is 1. The molecule has 136 valence electrons. The fraction of sp³-hybridized carbons (Fsp3) is 0.286. The van der Waals surface area contributed by atoms with Crippen LogP contribution in [0, 0.1) is 17.3 Å². The molecule has 1 aliphatic rings. The summed E-state index contributed by atoms with van der Waals surface area (Å²) in [6.07, 6.45) is 1.71. The molecule has 26 heavy (non-hydrogen) atoms. The SMILES string of the molecule is CC1(C)C(C(=O)OCc2cccc(Oc3ccccc3)c2)[C@H]1C=C(Cl)Cl. The van der Waals surface area contributed by atoms with Gasteiger partial charge in [-0.25, -0.2) is 0 Å². The van der Waals surface area contributed by atoms with E-state index in [9.17, 15) is 4.79 Å². The van der Waals surface area contributed by atoms with Gasteiger partial charge in [-0.15, -0.1) is 0 Å². The van der Waals surface area contributed by atoms with E-state index in [2.05, 4.69) is 0 Å². The van der Waals surface area contributed by atoms with E-state index in [-0.39, 0.29) is 34.3 Å². The predicted octanol–water partition coefficient (Wildman–Crippen LogP) is 6.11. The highest BCUT2D eigenvalue weighted by Gasteiger charge is 2.61. The Kier molecular flexibility index (Phi) is 5.59. The molecule has 2 aromatic carbocycles. The van der Waals surface area contributed by atoms with Crippen LogP contribution in [-0.4, -0.2) is 5.97 Å². The molecule has 0 aliphatic heterocycles. The van der Waals surface area contributed by atoms with Crippen molar-refractivity contribution in [3.8, 4) is 11.5 Å². The summed E-state index contributed by atoms with van der Waals surface area (Å²) in [4.78, 5) is 12.4. The van der Waals surface area contributed by atoms with Crippen molar-refractivity contribution in [3.63, 3.8) is 0 Å². The van der Waals surface area contributed by atoms with E-state index >= 15 is 0 Å². The van der Waals surface area contributed by atoms with E-state index in [1.54, 1.807) is 6.08 Å². The summed E-state index contributed by atoms with van der Waals surface area (Å²) in [5, 5.41) is 0. The van der Waals surface area contributed by atoms with Crippen LogP contribution in [-0.2, 0) is 16.1 Å². The summed E-state index contributed by atoms with van der Waals surface area (Å²) in [5.74, 6) is 1.01. The maximum absolute atomic E-state index is 12.4. The summed E-state index contributed by atoms with van der Waals surface area (Å²) in [6, 6.07) is 17.0. The topological polar surface area (TPSA) is 35.5 Å². The van der Waals surface area contributed by atoms with Gasteiger partial charge in [0.05, 0.1) is 5.92 Å². The molecule has 3 nitrogen and oxygen atoms in total. The lowest BCUT2D eigenvalue weighted by atomic mass is 10.1. The molecular weight excluding hydrogens is 371 g/mol. The Bertz CT molecular complexity index is 811. The van der Waals surface area contributed by atoms with Crippen molar-refractivity contribution < 1.29 is 14.3 Å². The zero-order valence-corrected chi connectivity index (χ0v) is 16.1. The van der Waals surface area contributed by atoms with E-state index in [1.165, 1.54) is 0 Å². The third kappa shape index (κ3) is 4.40. The van der Waals surface area contributed by atoms with Crippen LogP contribution in [0.25, 0.3) is 0 Å². The van der Waals surface area contributed by atoms with Gasteiger partial charge in [0.15, 0.2) is 0 Å². The molecule has 1 unspecified atom stereocenters. The van der Waals surface area contributed by atoms with E-state index in [1.807, 2.05) is 68.4 Å². The Morgan fingerprint density at radius 3 is 2.46 bits per heavy atom. The van der Waals surface area contributed by atoms with Crippen molar-refractivity contribution >= 4 is 29.2 Å². The number of carbonyl (C=O) groups is 1. The van der Waals surface area contributed by atoms with Crippen LogP contribution >= 0.6 is 23.2 Å². The number of hydrogen-bond acceptors (Lipinski definition) is 3. The maximum Gasteiger partial charge on any atom is 0.310 e. The Balaban J connectivity index is 1.59. The minimum atomic E-state index is -0.236. The normalized spacial score (nSPS) is 20.2. The molecule has 0 amide bonds. The molecule has 1 saturated carbocycles. The molecule has 0 bridgehead atoms. The predicted molar refractivity (Wildman–Crippen MR) is 103 cm³/mol. The van der Waals surface area contributed by atoms with Crippen LogP contribution < -0.4 is 4.74 Å². The van der Waals surface area contributed by atoms with Crippen LogP contribution in [0.15, 0.2) is 65.2 Å². The summed E-state index contributed by atoms with van der Waals surface area (Å²) >= 11 is 11.5. The van der Waals surface area contributed by atoms with Crippen molar-refractivity contribution in [2.75, 3.05) is 0 Å². The van der Waals surface area contributed by atoms with Crippen molar-refractivity contribution in [2.24, 2.45) is 17.3 Å². The molecule has 0 radical (unpaired) electrons. The van der Waals surface area contributed by atoms with Gasteiger partial charge < -0.3 is 9.47 Å². The van der Waals surface area contributed by atoms with Gasteiger partial charge in [-0.1, -0.05) is 67.4 Å². The first-order chi connectivity index (χ1) is 12.4. The van der Waals surface area contributed by atoms with Crippen LogP contribution in [0.2, 0.25) is 0 Å². The average Bonchev–Trinajstić information content (AvgIpc) is 3.13. The fourth-order valence-corrected chi connectivity index (χ4v) is 3.41. The van der Waals surface area contributed by atoms with Crippen LogP contribution in [0.4, 0.5) is 0 Å². The highest BCUT2D eigenvalue weighted by molar-refractivity contribution is 6.55. The zero-order chi connectivity index (χ0) is 18.7. The minimum Gasteiger partial charge on any atom is -0.461 e. The molecule has 3 rings (SSSR count). The second-order valence-corrected chi connectivity index (χ2v) is 7.96. The number of benzene rings is 2. The highest BCUT2D eigenvalue weighted by Crippen LogP contribution is 2.60. The summed E-state index contributed by atoms with van der Waals surface area (Å²) in [5.41, 5.74) is 0.678. The smallest absolute Gasteiger partial charge is 0.310 e. The number of halogens is 2. The van der Waals surface area contributed by atoms with Gasteiger partial charge in [-0.05, 0) is 47.2 Å². The molecule has 0 spiro atoms. The van der Waals surface area contributed by atoms with Gasteiger partial charge in [0.2, 0.25) is 0 Å². The fourth-order valence-electron chi connectivity index (χ4n) is 3.14. The van der Waals surface area contributed by atoms with E-state index < -0.39 is 0 Å². The molecule has 0 aromatic heterocycles. The monoisotopic (exact) mass is 390 g/mol. The maximum atomic E-state index is 12.4. The quantitative estimate of drug-likeness (QED) is 0.557. The van der Waals surface area contributed by atoms with Gasteiger partial charge in [0.25, 0.3) is 0 Å². The van der Waals surface area contributed by atoms with E-state index in [0.29, 0.717) is 5.75 Å². The number of allylic oxidation sites excluding steroid dienone is 1. The van der Waals surface area contributed by atoms with Crippen LogP contribution in [0.1, 0.15) is 19.4 Å². The molecule has 5 heteroatoms. The molecule has 0 saturated heterocycles. The number of rotatable bonds is 6. The lowest BCUT2D eigenvalue weighted by Crippen LogP contribution is -2.10. The molecule has 2 aromatic rings. The minimum absolute atomic E-state index is 0.00717. The third-order valence-corrected chi connectivity index (χ3v) is 4.98. The summed E-state index contributed by atoms with van der Waals surface area (Å²) < 4.78 is 11.5. The third-order valence-electron chi connectivity index (χ3n) is 4.73. The summed E-state index contributed by atoms with van der Waals surface area (Å²) in [6.45, 7) is 4.21. The molecule has 1 aliphatic carbocycles.